The van der Waals surface area contributed by atoms with Gasteiger partial charge in [0.1, 0.15) is 5.75 Å². The Bertz CT molecular complexity index is 634. The van der Waals surface area contributed by atoms with Crippen molar-refractivity contribution in [3.63, 3.8) is 0 Å². The number of amides is 1. The first-order valence-corrected chi connectivity index (χ1v) is 9.72. The molecule has 0 radical (unpaired) electrons. The summed E-state index contributed by atoms with van der Waals surface area (Å²) in [4.78, 5) is 17.1. The quantitative estimate of drug-likeness (QED) is 0.666. The van der Waals surface area contributed by atoms with Gasteiger partial charge in [-0.25, -0.2) is 0 Å². The summed E-state index contributed by atoms with van der Waals surface area (Å²) in [6.07, 6.45) is 4.56. The molecular weight excluding hydrogens is 425 g/mol. The predicted molar refractivity (Wildman–Crippen MR) is 117 cm³/mol. The van der Waals surface area contributed by atoms with E-state index in [-0.39, 0.29) is 36.8 Å². The molecule has 3 rings (SSSR count). The van der Waals surface area contributed by atoms with Gasteiger partial charge < -0.3 is 25.0 Å². The number of piperidine rings is 1. The van der Waals surface area contributed by atoms with E-state index in [9.17, 15) is 4.79 Å². The fourth-order valence-electron chi connectivity index (χ4n) is 3.66. The van der Waals surface area contributed by atoms with Crippen molar-refractivity contribution in [1.29, 1.82) is 0 Å². The molecule has 2 fully saturated rings. The minimum Gasteiger partial charge on any atom is -0.496 e. The Kier molecular flexibility index (Phi) is 10.7. The number of nitrogens with two attached hydrogens (primary N) is 1. The zero-order chi connectivity index (χ0) is 18.5. The number of hydrogen-bond donors (Lipinski definition) is 1. The van der Waals surface area contributed by atoms with Gasteiger partial charge in [0, 0.05) is 25.7 Å². The smallest absolute Gasteiger partial charge is 0.257 e. The Hall–Kier alpha value is -0.920. The number of carbonyl (C=O) groups excluding carboxylic acids is 1. The molecule has 6 nitrogen and oxygen atoms in total. The standard InChI is InChI=1S/C19H28ClN3O3.2ClH/c1-25-18-13-17(21)16(20)12-15(18)19(24)23-8-4-14(5-9-23)26-11-10-22-6-2-3-7-22;;/h12-14H,2-11,21H2,1H3;2*1H. The average molecular weight is 455 g/mol. The topological polar surface area (TPSA) is 68.0 Å². The number of rotatable bonds is 6. The van der Waals surface area contributed by atoms with Crippen LogP contribution in [0.3, 0.4) is 0 Å². The average Bonchev–Trinajstić information content (AvgIpc) is 3.17. The molecule has 0 unspecified atom stereocenters. The van der Waals surface area contributed by atoms with Gasteiger partial charge in [-0.3, -0.25) is 4.79 Å². The van der Waals surface area contributed by atoms with Crippen LogP contribution in [-0.4, -0.2) is 68.3 Å². The van der Waals surface area contributed by atoms with Crippen LogP contribution in [0.1, 0.15) is 36.0 Å². The fraction of sp³-hybridized carbons (Fsp3) is 0.632. The molecule has 2 N–H and O–H groups in total. The largest absolute Gasteiger partial charge is 0.496 e. The van der Waals surface area contributed by atoms with Gasteiger partial charge in [-0.05, 0) is 44.8 Å². The van der Waals surface area contributed by atoms with Crippen LogP contribution in [0.2, 0.25) is 5.02 Å². The highest BCUT2D eigenvalue weighted by molar-refractivity contribution is 6.33. The van der Waals surface area contributed by atoms with Crippen LogP contribution in [0.25, 0.3) is 0 Å². The Morgan fingerprint density at radius 3 is 2.43 bits per heavy atom. The number of nitrogen functional groups attached to an aromatic ring is 1. The molecule has 0 aromatic heterocycles. The summed E-state index contributed by atoms with van der Waals surface area (Å²) >= 11 is 6.08. The third kappa shape index (κ3) is 6.29. The van der Waals surface area contributed by atoms with Crippen molar-refractivity contribution in [2.24, 2.45) is 0 Å². The number of nitrogens with zero attached hydrogens (tertiary/aromatic N) is 2. The monoisotopic (exact) mass is 453 g/mol. The van der Waals surface area contributed by atoms with Crippen LogP contribution >= 0.6 is 36.4 Å². The number of ether oxygens (including phenoxy) is 2. The first-order chi connectivity index (χ1) is 12.6. The van der Waals surface area contributed by atoms with Crippen molar-refractivity contribution in [2.75, 3.05) is 52.2 Å². The van der Waals surface area contributed by atoms with E-state index in [1.807, 2.05) is 4.90 Å². The van der Waals surface area contributed by atoms with Gasteiger partial charge >= 0.3 is 0 Å². The van der Waals surface area contributed by atoms with Gasteiger partial charge in [-0.1, -0.05) is 11.6 Å². The first kappa shape index (κ1) is 25.1. The van der Waals surface area contributed by atoms with Crippen molar-refractivity contribution < 1.29 is 14.3 Å². The lowest BCUT2D eigenvalue weighted by Crippen LogP contribution is -2.41. The summed E-state index contributed by atoms with van der Waals surface area (Å²) in [6, 6.07) is 3.19. The number of benzene rings is 1. The summed E-state index contributed by atoms with van der Waals surface area (Å²) < 4.78 is 11.3. The molecule has 2 saturated heterocycles. The van der Waals surface area contributed by atoms with Gasteiger partial charge in [-0.2, -0.15) is 0 Å². The van der Waals surface area contributed by atoms with Gasteiger partial charge in [-0.15, -0.1) is 24.8 Å². The lowest BCUT2D eigenvalue weighted by molar-refractivity contribution is 0.00203. The molecule has 2 aliphatic heterocycles. The second kappa shape index (κ2) is 11.9. The Labute approximate surface area is 184 Å². The van der Waals surface area contributed by atoms with Gasteiger partial charge in [0.25, 0.3) is 5.91 Å². The number of methoxy groups -OCH3 is 1. The maximum atomic E-state index is 12.8. The van der Waals surface area contributed by atoms with Crippen LogP contribution in [-0.2, 0) is 4.74 Å². The first-order valence-electron chi connectivity index (χ1n) is 9.34. The molecule has 0 aliphatic carbocycles. The fourth-order valence-corrected chi connectivity index (χ4v) is 3.82. The Morgan fingerprint density at radius 1 is 1.18 bits per heavy atom. The number of halogens is 3. The van der Waals surface area contributed by atoms with Crippen molar-refractivity contribution >= 4 is 48.0 Å². The highest BCUT2D eigenvalue weighted by Gasteiger charge is 2.26. The summed E-state index contributed by atoms with van der Waals surface area (Å²) in [7, 11) is 1.53. The molecule has 2 aliphatic rings. The van der Waals surface area contributed by atoms with E-state index in [0.717, 1.165) is 26.0 Å². The van der Waals surface area contributed by atoms with E-state index in [4.69, 9.17) is 26.8 Å². The van der Waals surface area contributed by atoms with Crippen LogP contribution in [0, 0.1) is 0 Å². The second-order valence-corrected chi connectivity index (χ2v) is 7.39. The maximum absolute atomic E-state index is 12.8. The molecule has 2 heterocycles. The zero-order valence-corrected chi connectivity index (χ0v) is 18.6. The summed E-state index contributed by atoms with van der Waals surface area (Å²) in [6.45, 7) is 5.54. The maximum Gasteiger partial charge on any atom is 0.257 e. The molecule has 1 amide bonds. The van der Waals surface area contributed by atoms with Gasteiger partial charge in [0.2, 0.25) is 0 Å². The molecular formula is C19H30Cl3N3O3. The molecule has 0 atom stereocenters. The number of hydrogen-bond acceptors (Lipinski definition) is 5. The molecule has 1 aromatic rings. The molecule has 1 aromatic carbocycles. The summed E-state index contributed by atoms with van der Waals surface area (Å²) in [5, 5.41) is 0.370. The van der Waals surface area contributed by atoms with E-state index in [1.54, 1.807) is 12.1 Å². The van der Waals surface area contributed by atoms with E-state index in [2.05, 4.69) is 4.90 Å². The Morgan fingerprint density at radius 2 is 1.82 bits per heavy atom. The van der Waals surface area contributed by atoms with Crippen LogP contribution in [0.4, 0.5) is 5.69 Å². The minimum atomic E-state index is -0.0701. The van der Waals surface area contributed by atoms with Crippen LogP contribution < -0.4 is 10.5 Å². The van der Waals surface area contributed by atoms with E-state index in [1.165, 1.54) is 33.0 Å². The van der Waals surface area contributed by atoms with Crippen molar-refractivity contribution in [2.45, 2.75) is 31.8 Å². The van der Waals surface area contributed by atoms with E-state index in [0.29, 0.717) is 35.1 Å². The molecule has 28 heavy (non-hydrogen) atoms. The highest BCUT2D eigenvalue weighted by Crippen LogP contribution is 2.30. The third-order valence-corrected chi connectivity index (χ3v) is 5.57. The van der Waals surface area contributed by atoms with E-state index >= 15 is 0 Å². The summed E-state index contributed by atoms with van der Waals surface area (Å²) in [5.41, 5.74) is 6.66. The summed E-state index contributed by atoms with van der Waals surface area (Å²) in [5.74, 6) is 0.389. The molecule has 0 saturated carbocycles. The van der Waals surface area contributed by atoms with Crippen LogP contribution in [0.5, 0.6) is 5.75 Å². The van der Waals surface area contributed by atoms with Gasteiger partial charge in [0.15, 0.2) is 0 Å². The van der Waals surface area contributed by atoms with Crippen molar-refractivity contribution in [1.82, 2.24) is 9.80 Å². The van der Waals surface area contributed by atoms with Crippen LogP contribution in [0.15, 0.2) is 12.1 Å². The zero-order valence-electron chi connectivity index (χ0n) is 16.2. The SMILES string of the molecule is COc1cc(N)c(Cl)cc1C(=O)N1CCC(OCCN2CCCC2)CC1.Cl.Cl. The number of anilines is 1. The number of likely N-dealkylation sites (tertiary alicyclic amines) is 2. The molecule has 160 valence electrons. The van der Waals surface area contributed by atoms with E-state index < -0.39 is 0 Å². The van der Waals surface area contributed by atoms with Crippen molar-refractivity contribution in [3.8, 4) is 5.75 Å². The normalized spacial score (nSPS) is 17.7. The molecule has 9 heteroatoms. The predicted octanol–water partition coefficient (Wildman–Crippen LogP) is 3.49. The highest BCUT2D eigenvalue weighted by atomic mass is 35.5. The van der Waals surface area contributed by atoms with Crippen molar-refractivity contribution in [3.05, 3.63) is 22.7 Å². The third-order valence-electron chi connectivity index (χ3n) is 5.24. The molecule has 0 bridgehead atoms. The minimum absolute atomic E-state index is 0. The number of carbonyl (C=O) groups is 1. The lowest BCUT2D eigenvalue weighted by Gasteiger charge is -2.32. The Balaban J connectivity index is 0.00000196. The van der Waals surface area contributed by atoms with Gasteiger partial charge in [0.05, 0.1) is 36.1 Å². The molecule has 0 spiro atoms. The lowest BCUT2D eigenvalue weighted by atomic mass is 10.1. The second-order valence-electron chi connectivity index (χ2n) is 6.99.